The average Bonchev–Trinajstić information content (AvgIpc) is 3.11. The lowest BCUT2D eigenvalue weighted by molar-refractivity contribution is 0.669. The minimum absolute atomic E-state index is 0.826. The van der Waals surface area contributed by atoms with Crippen LogP contribution in [0.25, 0.3) is 55.0 Å². The Morgan fingerprint density at radius 2 is 1.44 bits per heavy atom. The Balaban J connectivity index is 1.67. The van der Waals surface area contributed by atoms with Gasteiger partial charge in [-0.15, -0.1) is 0 Å². The summed E-state index contributed by atoms with van der Waals surface area (Å²) < 4.78 is 5.96. The molecule has 0 atom stereocenters. The standard InChI is InChI=1S/C23H13N3O/c1-2-4-20-16(3-1)18-13-14(5-8-21(18)27-20)15-9-10-25-22-17(15)6-7-19-23(22)26-12-11-24-19/h1-13H. The number of para-hydroxylation sites is 1. The number of rotatable bonds is 1. The molecule has 4 nitrogen and oxygen atoms in total. The molecule has 0 spiro atoms. The van der Waals surface area contributed by atoms with E-state index >= 15 is 0 Å². The van der Waals surface area contributed by atoms with Crippen molar-refractivity contribution in [1.82, 2.24) is 15.0 Å². The number of fused-ring (bicyclic) bond motifs is 6. The molecule has 3 heterocycles. The Hall–Kier alpha value is -3.79. The van der Waals surface area contributed by atoms with E-state index in [4.69, 9.17) is 4.42 Å². The van der Waals surface area contributed by atoms with Gasteiger partial charge in [0.15, 0.2) is 0 Å². The molecule has 0 saturated heterocycles. The number of hydrogen-bond acceptors (Lipinski definition) is 4. The second-order valence-electron chi connectivity index (χ2n) is 6.55. The monoisotopic (exact) mass is 347 g/mol. The summed E-state index contributed by atoms with van der Waals surface area (Å²) in [6.45, 7) is 0. The number of benzene rings is 3. The summed E-state index contributed by atoms with van der Waals surface area (Å²) >= 11 is 0. The number of furan rings is 1. The van der Waals surface area contributed by atoms with Crippen molar-refractivity contribution in [2.24, 2.45) is 0 Å². The molecule has 126 valence electrons. The smallest absolute Gasteiger partial charge is 0.135 e. The van der Waals surface area contributed by atoms with Gasteiger partial charge >= 0.3 is 0 Å². The fraction of sp³-hybridized carbons (Fsp3) is 0. The highest BCUT2D eigenvalue weighted by atomic mass is 16.3. The van der Waals surface area contributed by atoms with Crippen LogP contribution in [0.3, 0.4) is 0 Å². The minimum Gasteiger partial charge on any atom is -0.456 e. The molecule has 0 saturated carbocycles. The molecule has 3 aromatic heterocycles. The zero-order valence-electron chi connectivity index (χ0n) is 14.3. The van der Waals surface area contributed by atoms with E-state index < -0.39 is 0 Å². The van der Waals surface area contributed by atoms with Crippen molar-refractivity contribution in [3.05, 3.63) is 79.3 Å². The van der Waals surface area contributed by atoms with E-state index in [1.165, 1.54) is 0 Å². The molecule has 0 unspecified atom stereocenters. The molecule has 0 amide bonds. The third-order valence-electron chi connectivity index (χ3n) is 5.04. The molecule has 0 fully saturated rings. The molecular weight excluding hydrogens is 334 g/mol. The molecule has 0 aliphatic carbocycles. The normalized spacial score (nSPS) is 11.7. The van der Waals surface area contributed by atoms with Crippen LogP contribution in [0.2, 0.25) is 0 Å². The third kappa shape index (κ3) is 2.07. The number of nitrogens with zero attached hydrogens (tertiary/aromatic N) is 3. The molecule has 6 aromatic rings. The van der Waals surface area contributed by atoms with Crippen molar-refractivity contribution >= 4 is 43.9 Å². The van der Waals surface area contributed by atoms with Crippen molar-refractivity contribution in [3.63, 3.8) is 0 Å². The molecule has 0 aliphatic heterocycles. The second kappa shape index (κ2) is 5.35. The highest BCUT2D eigenvalue weighted by Gasteiger charge is 2.12. The fourth-order valence-corrected chi connectivity index (χ4v) is 3.79. The predicted octanol–water partition coefficient (Wildman–Crippen LogP) is 5.74. The Morgan fingerprint density at radius 1 is 0.593 bits per heavy atom. The quantitative estimate of drug-likeness (QED) is 0.356. The zero-order chi connectivity index (χ0) is 17.8. The highest BCUT2D eigenvalue weighted by Crippen LogP contribution is 2.35. The van der Waals surface area contributed by atoms with Crippen LogP contribution in [-0.4, -0.2) is 15.0 Å². The summed E-state index contributed by atoms with van der Waals surface area (Å²) in [5.74, 6) is 0. The molecule has 0 radical (unpaired) electrons. The largest absolute Gasteiger partial charge is 0.456 e. The second-order valence-corrected chi connectivity index (χ2v) is 6.55. The highest BCUT2D eigenvalue weighted by molar-refractivity contribution is 6.10. The van der Waals surface area contributed by atoms with Crippen molar-refractivity contribution in [3.8, 4) is 11.1 Å². The molecule has 4 heteroatoms. The molecule has 27 heavy (non-hydrogen) atoms. The van der Waals surface area contributed by atoms with Gasteiger partial charge < -0.3 is 4.42 Å². The topological polar surface area (TPSA) is 51.8 Å². The molecule has 3 aromatic carbocycles. The summed E-state index contributed by atoms with van der Waals surface area (Å²) in [6, 6.07) is 20.6. The van der Waals surface area contributed by atoms with E-state index in [9.17, 15) is 0 Å². The maximum absolute atomic E-state index is 5.96. The maximum Gasteiger partial charge on any atom is 0.135 e. The van der Waals surface area contributed by atoms with Gasteiger partial charge in [-0.25, -0.2) is 0 Å². The van der Waals surface area contributed by atoms with Gasteiger partial charge in [-0.3, -0.25) is 15.0 Å². The van der Waals surface area contributed by atoms with E-state index in [1.807, 2.05) is 42.6 Å². The van der Waals surface area contributed by atoms with Gasteiger partial charge in [0.2, 0.25) is 0 Å². The molecule has 0 aliphatic rings. The van der Waals surface area contributed by atoms with Crippen LogP contribution >= 0.6 is 0 Å². The molecular formula is C23H13N3O. The van der Waals surface area contributed by atoms with E-state index in [0.29, 0.717) is 0 Å². The maximum atomic E-state index is 5.96. The van der Waals surface area contributed by atoms with E-state index in [0.717, 1.165) is 55.0 Å². The Morgan fingerprint density at radius 3 is 2.44 bits per heavy atom. The molecule has 6 rings (SSSR count). The van der Waals surface area contributed by atoms with E-state index in [-0.39, 0.29) is 0 Å². The summed E-state index contributed by atoms with van der Waals surface area (Å²) in [5.41, 5.74) is 6.61. The van der Waals surface area contributed by atoms with Gasteiger partial charge in [0.25, 0.3) is 0 Å². The van der Waals surface area contributed by atoms with Crippen LogP contribution in [0.5, 0.6) is 0 Å². The van der Waals surface area contributed by atoms with E-state index in [1.54, 1.807) is 12.4 Å². The first-order valence-electron chi connectivity index (χ1n) is 8.79. The first-order valence-corrected chi connectivity index (χ1v) is 8.79. The first-order chi connectivity index (χ1) is 13.4. The summed E-state index contributed by atoms with van der Waals surface area (Å²) in [6.07, 6.45) is 5.25. The van der Waals surface area contributed by atoms with Crippen LogP contribution in [0.15, 0.2) is 83.7 Å². The van der Waals surface area contributed by atoms with Gasteiger partial charge in [-0.2, -0.15) is 0 Å². The van der Waals surface area contributed by atoms with Crippen LogP contribution in [-0.2, 0) is 0 Å². The van der Waals surface area contributed by atoms with Crippen LogP contribution in [0.4, 0.5) is 0 Å². The van der Waals surface area contributed by atoms with Gasteiger partial charge in [0.1, 0.15) is 16.7 Å². The summed E-state index contributed by atoms with van der Waals surface area (Å²) in [7, 11) is 0. The molecule has 0 bridgehead atoms. The minimum atomic E-state index is 0.826. The van der Waals surface area contributed by atoms with E-state index in [2.05, 4.69) is 39.2 Å². The Bertz CT molecular complexity index is 1480. The Labute approximate surface area is 154 Å². The molecule has 0 N–H and O–H groups in total. The SMILES string of the molecule is c1ccc2c(c1)oc1ccc(-c3ccnc4c3ccc3nccnc34)cc12. The van der Waals surface area contributed by atoms with Gasteiger partial charge in [0, 0.05) is 34.7 Å². The lowest BCUT2D eigenvalue weighted by Crippen LogP contribution is -1.89. The zero-order valence-corrected chi connectivity index (χ0v) is 14.3. The summed E-state index contributed by atoms with van der Waals surface area (Å²) in [5, 5.41) is 3.32. The van der Waals surface area contributed by atoms with Crippen molar-refractivity contribution < 1.29 is 4.42 Å². The van der Waals surface area contributed by atoms with Crippen LogP contribution < -0.4 is 0 Å². The fourth-order valence-electron chi connectivity index (χ4n) is 3.79. The van der Waals surface area contributed by atoms with Crippen molar-refractivity contribution in [2.75, 3.05) is 0 Å². The third-order valence-corrected chi connectivity index (χ3v) is 5.04. The van der Waals surface area contributed by atoms with Gasteiger partial charge in [-0.1, -0.05) is 24.3 Å². The van der Waals surface area contributed by atoms with Crippen LogP contribution in [0, 0.1) is 0 Å². The lowest BCUT2D eigenvalue weighted by atomic mass is 9.99. The van der Waals surface area contributed by atoms with Gasteiger partial charge in [0.05, 0.1) is 11.0 Å². The number of aromatic nitrogens is 3. The van der Waals surface area contributed by atoms with Gasteiger partial charge in [-0.05, 0) is 47.5 Å². The van der Waals surface area contributed by atoms with Crippen LogP contribution in [0.1, 0.15) is 0 Å². The predicted molar refractivity (Wildman–Crippen MR) is 108 cm³/mol. The Kier molecular flexibility index (Phi) is 2.85. The van der Waals surface area contributed by atoms with Crippen molar-refractivity contribution in [2.45, 2.75) is 0 Å². The first kappa shape index (κ1) is 14.4. The lowest BCUT2D eigenvalue weighted by Gasteiger charge is -2.08. The average molecular weight is 347 g/mol. The van der Waals surface area contributed by atoms with Crippen molar-refractivity contribution in [1.29, 1.82) is 0 Å². The number of hydrogen-bond donors (Lipinski definition) is 0. The number of pyridine rings is 1. The summed E-state index contributed by atoms with van der Waals surface area (Å²) in [4.78, 5) is 13.5.